The highest BCUT2D eigenvalue weighted by atomic mass is 15.2. The number of nitrogens with zero attached hydrogens (tertiary/aromatic N) is 1. The first-order valence-electron chi connectivity index (χ1n) is 8.07. The van der Waals surface area contributed by atoms with Crippen molar-refractivity contribution < 1.29 is 0 Å². The first-order valence-corrected chi connectivity index (χ1v) is 8.07. The average molecular weight is 250 g/mol. The summed E-state index contributed by atoms with van der Waals surface area (Å²) in [7, 11) is 0. The van der Waals surface area contributed by atoms with Crippen LogP contribution in [0.25, 0.3) is 0 Å². The Hall–Kier alpha value is -0.0800. The fraction of sp³-hybridized carbons (Fsp3) is 1.00. The second-order valence-electron chi connectivity index (χ2n) is 7.71. The molecular formula is C16H30N2. The zero-order valence-electron chi connectivity index (χ0n) is 12.2. The van der Waals surface area contributed by atoms with E-state index >= 15 is 0 Å². The van der Waals surface area contributed by atoms with E-state index in [1.807, 2.05) is 0 Å². The number of rotatable bonds is 2. The van der Waals surface area contributed by atoms with Gasteiger partial charge in [0.1, 0.15) is 0 Å². The molecular weight excluding hydrogens is 220 g/mol. The van der Waals surface area contributed by atoms with Gasteiger partial charge in [-0.05, 0) is 55.9 Å². The van der Waals surface area contributed by atoms with Crippen molar-refractivity contribution >= 4 is 0 Å². The lowest BCUT2D eigenvalue weighted by Gasteiger charge is -2.35. The minimum atomic E-state index is 0.371. The molecule has 2 nitrogen and oxygen atoms in total. The van der Waals surface area contributed by atoms with Crippen molar-refractivity contribution in [3.63, 3.8) is 0 Å². The lowest BCUT2D eigenvalue weighted by atomic mass is 9.84. The van der Waals surface area contributed by atoms with Crippen LogP contribution >= 0.6 is 0 Å². The lowest BCUT2D eigenvalue weighted by Crippen LogP contribution is -2.44. The van der Waals surface area contributed by atoms with E-state index in [-0.39, 0.29) is 0 Å². The van der Waals surface area contributed by atoms with E-state index < -0.39 is 0 Å². The maximum absolute atomic E-state index is 6.48. The Morgan fingerprint density at radius 3 is 2.61 bits per heavy atom. The summed E-state index contributed by atoms with van der Waals surface area (Å²) in [6.45, 7) is 7.33. The van der Waals surface area contributed by atoms with Crippen molar-refractivity contribution in [1.29, 1.82) is 0 Å². The van der Waals surface area contributed by atoms with Gasteiger partial charge in [0.15, 0.2) is 0 Å². The molecule has 2 heteroatoms. The van der Waals surface area contributed by atoms with Gasteiger partial charge in [0.05, 0.1) is 0 Å². The Morgan fingerprint density at radius 2 is 1.89 bits per heavy atom. The summed E-state index contributed by atoms with van der Waals surface area (Å²) in [4.78, 5) is 2.80. The van der Waals surface area contributed by atoms with Crippen LogP contribution in [0, 0.1) is 17.3 Å². The molecule has 3 aliphatic rings. The standard InChI is InChI=1S/C16H30N2/c1-16(2)9-7-13(15(16)17)11-18-10-8-12-5-3-4-6-14(12)18/h12-15H,3-11,17H2,1-2H3. The molecule has 4 unspecified atom stereocenters. The van der Waals surface area contributed by atoms with Gasteiger partial charge in [-0.15, -0.1) is 0 Å². The van der Waals surface area contributed by atoms with Gasteiger partial charge < -0.3 is 5.73 Å². The quantitative estimate of drug-likeness (QED) is 0.816. The monoisotopic (exact) mass is 250 g/mol. The fourth-order valence-corrected chi connectivity index (χ4v) is 4.78. The van der Waals surface area contributed by atoms with E-state index in [0.29, 0.717) is 11.5 Å². The third-order valence-corrected chi connectivity index (χ3v) is 6.16. The van der Waals surface area contributed by atoms with Crippen LogP contribution in [0.1, 0.15) is 58.8 Å². The molecule has 3 rings (SSSR count). The second kappa shape index (κ2) is 4.79. The van der Waals surface area contributed by atoms with Gasteiger partial charge >= 0.3 is 0 Å². The van der Waals surface area contributed by atoms with Crippen molar-refractivity contribution in [3.05, 3.63) is 0 Å². The molecule has 2 aliphatic carbocycles. The van der Waals surface area contributed by atoms with Gasteiger partial charge in [0, 0.05) is 18.6 Å². The first-order chi connectivity index (χ1) is 8.58. The molecule has 0 aromatic rings. The summed E-state index contributed by atoms with van der Waals surface area (Å²) in [5.74, 6) is 1.77. The van der Waals surface area contributed by atoms with Crippen LogP contribution in [0.5, 0.6) is 0 Å². The number of fused-ring (bicyclic) bond motifs is 1. The van der Waals surface area contributed by atoms with Crippen LogP contribution in [0.2, 0.25) is 0 Å². The second-order valence-corrected chi connectivity index (χ2v) is 7.71. The van der Waals surface area contributed by atoms with E-state index in [9.17, 15) is 0 Å². The molecule has 2 saturated carbocycles. The van der Waals surface area contributed by atoms with Gasteiger partial charge in [0.25, 0.3) is 0 Å². The van der Waals surface area contributed by atoms with E-state index in [2.05, 4.69) is 18.7 Å². The van der Waals surface area contributed by atoms with Crippen molar-refractivity contribution in [2.24, 2.45) is 23.0 Å². The maximum Gasteiger partial charge on any atom is 0.0131 e. The third kappa shape index (κ3) is 2.22. The van der Waals surface area contributed by atoms with Crippen LogP contribution < -0.4 is 5.73 Å². The van der Waals surface area contributed by atoms with Gasteiger partial charge in [-0.1, -0.05) is 26.7 Å². The molecule has 0 radical (unpaired) electrons. The Balaban J connectivity index is 1.60. The third-order valence-electron chi connectivity index (χ3n) is 6.16. The summed E-state index contributed by atoms with van der Waals surface area (Å²) in [5, 5.41) is 0. The molecule has 4 atom stereocenters. The highest BCUT2D eigenvalue weighted by Gasteiger charge is 2.42. The van der Waals surface area contributed by atoms with Crippen molar-refractivity contribution in [3.8, 4) is 0 Å². The first kappa shape index (κ1) is 12.9. The van der Waals surface area contributed by atoms with Crippen LogP contribution in [-0.4, -0.2) is 30.1 Å². The Bertz CT molecular complexity index is 299. The molecule has 0 spiro atoms. The Labute approximate surface area is 112 Å². The summed E-state index contributed by atoms with van der Waals surface area (Å²) in [6, 6.07) is 1.33. The molecule has 0 aromatic heterocycles. The van der Waals surface area contributed by atoms with Crippen LogP contribution in [0.3, 0.4) is 0 Å². The Morgan fingerprint density at radius 1 is 1.11 bits per heavy atom. The largest absolute Gasteiger partial charge is 0.327 e. The molecule has 1 heterocycles. The van der Waals surface area contributed by atoms with Gasteiger partial charge in [-0.3, -0.25) is 4.90 Å². The van der Waals surface area contributed by atoms with Crippen molar-refractivity contribution in [2.45, 2.75) is 70.9 Å². The highest BCUT2D eigenvalue weighted by molar-refractivity contribution is 4.98. The molecule has 18 heavy (non-hydrogen) atoms. The number of hydrogen-bond acceptors (Lipinski definition) is 2. The number of hydrogen-bond donors (Lipinski definition) is 1. The van der Waals surface area contributed by atoms with E-state index in [1.165, 1.54) is 58.0 Å². The number of nitrogens with two attached hydrogens (primary N) is 1. The fourth-order valence-electron chi connectivity index (χ4n) is 4.78. The summed E-state index contributed by atoms with van der Waals surface area (Å²) in [6.07, 6.45) is 10.0. The maximum atomic E-state index is 6.48. The SMILES string of the molecule is CC1(C)CCC(CN2CCC3CCCCC32)C1N. The molecule has 0 aromatic carbocycles. The van der Waals surface area contributed by atoms with Crippen LogP contribution in [-0.2, 0) is 0 Å². The summed E-state index contributed by atoms with van der Waals surface area (Å²) < 4.78 is 0. The number of likely N-dealkylation sites (tertiary alicyclic amines) is 1. The van der Waals surface area contributed by atoms with E-state index in [4.69, 9.17) is 5.73 Å². The zero-order valence-corrected chi connectivity index (χ0v) is 12.2. The van der Waals surface area contributed by atoms with Crippen LogP contribution in [0.15, 0.2) is 0 Å². The van der Waals surface area contributed by atoms with Gasteiger partial charge in [-0.2, -0.15) is 0 Å². The highest BCUT2D eigenvalue weighted by Crippen LogP contribution is 2.42. The van der Waals surface area contributed by atoms with E-state index in [1.54, 1.807) is 0 Å². The molecule has 2 N–H and O–H groups in total. The lowest BCUT2D eigenvalue weighted by molar-refractivity contribution is 0.149. The topological polar surface area (TPSA) is 29.3 Å². The summed E-state index contributed by atoms with van der Waals surface area (Å²) in [5.41, 5.74) is 6.85. The average Bonchev–Trinajstić information content (AvgIpc) is 2.87. The van der Waals surface area contributed by atoms with Crippen LogP contribution in [0.4, 0.5) is 0 Å². The molecule has 0 bridgehead atoms. The molecule has 1 saturated heterocycles. The minimum Gasteiger partial charge on any atom is -0.327 e. The van der Waals surface area contributed by atoms with Gasteiger partial charge in [-0.25, -0.2) is 0 Å². The predicted octanol–water partition coefficient (Wildman–Crippen LogP) is 3.01. The molecule has 3 fully saturated rings. The summed E-state index contributed by atoms with van der Waals surface area (Å²) >= 11 is 0. The normalized spacial score (nSPS) is 44.2. The smallest absolute Gasteiger partial charge is 0.0131 e. The molecule has 0 amide bonds. The van der Waals surface area contributed by atoms with Crippen molar-refractivity contribution in [1.82, 2.24) is 4.90 Å². The molecule has 1 aliphatic heterocycles. The minimum absolute atomic E-state index is 0.371. The van der Waals surface area contributed by atoms with Crippen molar-refractivity contribution in [2.75, 3.05) is 13.1 Å². The van der Waals surface area contributed by atoms with Gasteiger partial charge in [0.2, 0.25) is 0 Å². The zero-order chi connectivity index (χ0) is 12.8. The van der Waals surface area contributed by atoms with E-state index in [0.717, 1.165) is 17.9 Å². The predicted molar refractivity (Wildman–Crippen MR) is 76.4 cm³/mol. The Kier molecular flexibility index (Phi) is 3.44. The molecule has 104 valence electrons.